The van der Waals surface area contributed by atoms with Crippen molar-refractivity contribution in [3.63, 3.8) is 0 Å². The van der Waals surface area contributed by atoms with Crippen LogP contribution in [-0.4, -0.2) is 23.9 Å². The first-order chi connectivity index (χ1) is 10.0. The highest BCUT2D eigenvalue weighted by molar-refractivity contribution is 6.17. The van der Waals surface area contributed by atoms with Crippen LogP contribution in [-0.2, 0) is 16.8 Å². The summed E-state index contributed by atoms with van der Waals surface area (Å²) in [6, 6.07) is 0. The molecule has 0 aliphatic carbocycles. The predicted molar refractivity (Wildman–Crippen MR) is 61.4 cm³/mol. The van der Waals surface area contributed by atoms with Crippen molar-refractivity contribution in [1.82, 2.24) is 4.98 Å². The van der Waals surface area contributed by atoms with E-state index in [1.165, 1.54) is 6.92 Å². The number of nitrogens with zero attached hydrogens (tertiary/aromatic N) is 1. The third-order valence-corrected chi connectivity index (χ3v) is 2.49. The van der Waals surface area contributed by atoms with Crippen LogP contribution in [0.2, 0.25) is 0 Å². The second kappa shape index (κ2) is 6.59. The number of pyridine rings is 1. The standard InChI is InChI=1S/C11H8ClF6NO3/c1-2-21-9(20)7-6(22-11(16,17)18)4-19-5(3-12)8(7)10(13,14)15/h4H,2-3H2,1H3. The van der Waals surface area contributed by atoms with Gasteiger partial charge >= 0.3 is 18.5 Å². The van der Waals surface area contributed by atoms with Crippen molar-refractivity contribution in [3.8, 4) is 5.75 Å². The SMILES string of the molecule is CCOC(=O)c1c(OC(F)(F)F)cnc(CCl)c1C(F)(F)F. The van der Waals surface area contributed by atoms with E-state index in [-0.39, 0.29) is 6.61 Å². The Bertz CT molecular complexity index is 558. The first-order valence-electron chi connectivity index (χ1n) is 5.59. The molecule has 0 aliphatic rings. The molecular weight excluding hydrogens is 344 g/mol. The van der Waals surface area contributed by atoms with Gasteiger partial charge in [-0.3, -0.25) is 4.98 Å². The average Bonchev–Trinajstić information content (AvgIpc) is 2.35. The molecule has 0 saturated heterocycles. The maximum absolute atomic E-state index is 13.1. The van der Waals surface area contributed by atoms with Gasteiger partial charge in [-0.15, -0.1) is 24.8 Å². The number of esters is 1. The number of rotatable bonds is 4. The van der Waals surface area contributed by atoms with Crippen molar-refractivity contribution in [3.05, 3.63) is 23.0 Å². The smallest absolute Gasteiger partial charge is 0.462 e. The highest BCUT2D eigenvalue weighted by atomic mass is 35.5. The molecule has 0 aliphatic heterocycles. The van der Waals surface area contributed by atoms with Gasteiger partial charge in [0.2, 0.25) is 0 Å². The lowest BCUT2D eigenvalue weighted by Crippen LogP contribution is -2.24. The van der Waals surface area contributed by atoms with Gasteiger partial charge in [0, 0.05) is 0 Å². The van der Waals surface area contributed by atoms with Gasteiger partial charge < -0.3 is 9.47 Å². The van der Waals surface area contributed by atoms with E-state index in [4.69, 9.17) is 11.6 Å². The van der Waals surface area contributed by atoms with Crippen LogP contribution in [0.15, 0.2) is 6.20 Å². The van der Waals surface area contributed by atoms with E-state index in [0.29, 0.717) is 6.20 Å². The molecule has 0 spiro atoms. The van der Waals surface area contributed by atoms with Crippen LogP contribution in [0.25, 0.3) is 0 Å². The maximum atomic E-state index is 13.1. The highest BCUT2D eigenvalue weighted by Gasteiger charge is 2.43. The minimum Gasteiger partial charge on any atom is -0.462 e. The second-order valence-electron chi connectivity index (χ2n) is 3.72. The van der Waals surface area contributed by atoms with Crippen molar-refractivity contribution in [2.45, 2.75) is 25.3 Å². The predicted octanol–water partition coefficient (Wildman–Crippen LogP) is 3.91. The van der Waals surface area contributed by atoms with E-state index < -0.39 is 47.0 Å². The van der Waals surface area contributed by atoms with E-state index in [2.05, 4.69) is 14.5 Å². The molecule has 22 heavy (non-hydrogen) atoms. The molecule has 0 atom stereocenters. The molecule has 4 nitrogen and oxygen atoms in total. The molecule has 1 heterocycles. The molecule has 0 saturated carbocycles. The Labute approximate surface area is 125 Å². The number of alkyl halides is 7. The molecule has 1 aromatic heterocycles. The zero-order valence-electron chi connectivity index (χ0n) is 10.8. The summed E-state index contributed by atoms with van der Waals surface area (Å²) >= 11 is 5.30. The van der Waals surface area contributed by atoms with Gasteiger partial charge in [-0.05, 0) is 6.92 Å². The van der Waals surface area contributed by atoms with Crippen LogP contribution in [0, 0.1) is 0 Å². The van der Waals surface area contributed by atoms with E-state index in [1.807, 2.05) is 0 Å². The monoisotopic (exact) mass is 351 g/mol. The third-order valence-electron chi connectivity index (χ3n) is 2.24. The van der Waals surface area contributed by atoms with E-state index in [9.17, 15) is 31.1 Å². The largest absolute Gasteiger partial charge is 0.573 e. The summed E-state index contributed by atoms with van der Waals surface area (Å²) in [6.45, 7) is 0.930. The summed E-state index contributed by atoms with van der Waals surface area (Å²) in [4.78, 5) is 14.8. The van der Waals surface area contributed by atoms with Crippen LogP contribution in [0.3, 0.4) is 0 Å². The fourth-order valence-electron chi connectivity index (χ4n) is 1.55. The molecule has 124 valence electrons. The summed E-state index contributed by atoms with van der Waals surface area (Å²) in [6.07, 6.45) is -10.1. The molecule has 0 aromatic carbocycles. The van der Waals surface area contributed by atoms with E-state index >= 15 is 0 Å². The van der Waals surface area contributed by atoms with Gasteiger partial charge in [-0.1, -0.05) is 0 Å². The quantitative estimate of drug-likeness (QED) is 0.469. The van der Waals surface area contributed by atoms with Crippen molar-refractivity contribution in [1.29, 1.82) is 0 Å². The fourth-order valence-corrected chi connectivity index (χ4v) is 1.75. The van der Waals surface area contributed by atoms with Gasteiger partial charge in [-0.25, -0.2) is 4.79 Å². The van der Waals surface area contributed by atoms with Gasteiger partial charge in [0.25, 0.3) is 0 Å². The molecule has 0 fully saturated rings. The van der Waals surface area contributed by atoms with Crippen LogP contribution in [0.4, 0.5) is 26.3 Å². The minimum absolute atomic E-state index is 0.340. The van der Waals surface area contributed by atoms with Crippen LogP contribution in [0.5, 0.6) is 5.75 Å². The van der Waals surface area contributed by atoms with E-state index in [1.54, 1.807) is 0 Å². The lowest BCUT2D eigenvalue weighted by atomic mass is 10.1. The molecule has 1 rings (SSSR count). The van der Waals surface area contributed by atoms with Crippen LogP contribution >= 0.6 is 11.6 Å². The Morgan fingerprint density at radius 2 is 1.86 bits per heavy atom. The zero-order chi connectivity index (χ0) is 17.1. The highest BCUT2D eigenvalue weighted by Crippen LogP contribution is 2.40. The first-order valence-corrected chi connectivity index (χ1v) is 6.12. The fraction of sp³-hybridized carbons (Fsp3) is 0.455. The van der Waals surface area contributed by atoms with Crippen molar-refractivity contribution in [2.75, 3.05) is 6.61 Å². The normalized spacial score (nSPS) is 12.2. The molecule has 1 aromatic rings. The number of ether oxygens (including phenoxy) is 2. The number of hydrogen-bond acceptors (Lipinski definition) is 4. The number of carbonyl (C=O) groups excluding carboxylic acids is 1. The molecule has 0 bridgehead atoms. The van der Waals surface area contributed by atoms with Gasteiger partial charge in [0.1, 0.15) is 5.56 Å². The van der Waals surface area contributed by atoms with E-state index in [0.717, 1.165) is 0 Å². The van der Waals surface area contributed by atoms with Gasteiger partial charge in [-0.2, -0.15) is 13.2 Å². The molecule has 0 unspecified atom stereocenters. The molecular formula is C11H8ClF6NO3. The molecule has 0 amide bonds. The Morgan fingerprint density at radius 3 is 2.27 bits per heavy atom. The number of halogens is 7. The topological polar surface area (TPSA) is 48.4 Å². The lowest BCUT2D eigenvalue weighted by Gasteiger charge is -2.18. The zero-order valence-corrected chi connectivity index (χ0v) is 11.6. The van der Waals surface area contributed by atoms with Crippen molar-refractivity contribution >= 4 is 17.6 Å². The number of hydrogen-bond donors (Lipinski definition) is 0. The van der Waals surface area contributed by atoms with Crippen molar-refractivity contribution in [2.24, 2.45) is 0 Å². The Hall–Kier alpha value is -1.71. The van der Waals surface area contributed by atoms with Crippen LogP contribution < -0.4 is 4.74 Å². The van der Waals surface area contributed by atoms with Crippen molar-refractivity contribution < 1.29 is 40.6 Å². The second-order valence-corrected chi connectivity index (χ2v) is 3.99. The number of carbonyl (C=O) groups is 1. The summed E-state index contributed by atoms with van der Waals surface area (Å²) in [5, 5.41) is 0. The minimum atomic E-state index is -5.31. The van der Waals surface area contributed by atoms with Gasteiger partial charge in [0.05, 0.1) is 29.9 Å². The molecule has 11 heteroatoms. The Kier molecular flexibility index (Phi) is 5.49. The Morgan fingerprint density at radius 1 is 1.27 bits per heavy atom. The summed E-state index contributed by atoms with van der Waals surface area (Å²) in [5.74, 6) is -3.80. The molecule has 0 N–H and O–H groups in total. The summed E-state index contributed by atoms with van der Waals surface area (Å²) < 4.78 is 83.8. The number of aromatic nitrogens is 1. The summed E-state index contributed by atoms with van der Waals surface area (Å²) in [7, 11) is 0. The van der Waals surface area contributed by atoms with Gasteiger partial charge in [0.15, 0.2) is 5.75 Å². The third kappa shape index (κ3) is 4.39. The maximum Gasteiger partial charge on any atom is 0.573 e. The van der Waals surface area contributed by atoms with Crippen LogP contribution in [0.1, 0.15) is 28.5 Å². The Balaban J connectivity index is 3.62. The first kappa shape index (κ1) is 18.3. The summed E-state index contributed by atoms with van der Waals surface area (Å²) in [5.41, 5.74) is -3.95. The molecule has 0 radical (unpaired) electrons. The lowest BCUT2D eigenvalue weighted by molar-refractivity contribution is -0.275. The average molecular weight is 352 g/mol.